The van der Waals surface area contributed by atoms with Crippen LogP contribution >= 0.6 is 11.8 Å². The van der Waals surface area contributed by atoms with Crippen molar-refractivity contribution in [2.24, 2.45) is 14.1 Å². The van der Waals surface area contributed by atoms with E-state index in [1.807, 2.05) is 30.3 Å². The van der Waals surface area contributed by atoms with Crippen LogP contribution in [-0.2, 0) is 33.1 Å². The number of benzene rings is 2. The molecule has 0 saturated heterocycles. The average molecular weight is 541 g/mol. The van der Waals surface area contributed by atoms with Crippen molar-refractivity contribution < 1.29 is 13.2 Å². The first-order chi connectivity index (χ1) is 18.2. The molecule has 3 heterocycles. The van der Waals surface area contributed by atoms with Crippen molar-refractivity contribution in [3.63, 3.8) is 0 Å². The summed E-state index contributed by atoms with van der Waals surface area (Å²) in [7, 11) is 3.84. The fourth-order valence-corrected chi connectivity index (χ4v) is 5.82. The lowest BCUT2D eigenvalue weighted by Gasteiger charge is -2.19. The molecule has 0 atom stereocenters. The van der Waals surface area contributed by atoms with Crippen molar-refractivity contribution in [2.75, 3.05) is 25.4 Å². The Morgan fingerprint density at radius 3 is 2.29 bits per heavy atom. The van der Waals surface area contributed by atoms with E-state index < -0.39 is 11.7 Å². The van der Waals surface area contributed by atoms with Gasteiger partial charge in [-0.3, -0.25) is 4.68 Å². The molecule has 10 heteroatoms. The van der Waals surface area contributed by atoms with Gasteiger partial charge in [-0.25, -0.2) is 0 Å². The number of fused-ring (bicyclic) bond motifs is 1. The predicted molar refractivity (Wildman–Crippen MR) is 144 cm³/mol. The van der Waals surface area contributed by atoms with E-state index in [4.69, 9.17) is 0 Å². The van der Waals surface area contributed by atoms with Gasteiger partial charge in [0.25, 0.3) is 0 Å². The van der Waals surface area contributed by atoms with Gasteiger partial charge >= 0.3 is 6.18 Å². The van der Waals surface area contributed by atoms with Gasteiger partial charge in [-0.2, -0.15) is 18.3 Å². The minimum Gasteiger partial charge on any atom is -0.305 e. The second-order valence-corrected chi connectivity index (χ2v) is 10.8. The van der Waals surface area contributed by atoms with E-state index in [9.17, 15) is 13.2 Å². The van der Waals surface area contributed by atoms with Crippen LogP contribution in [0.5, 0.6) is 0 Å². The molecule has 200 valence electrons. The summed E-state index contributed by atoms with van der Waals surface area (Å²) in [4.78, 5) is 2.53. The minimum absolute atomic E-state index is 0.562. The van der Waals surface area contributed by atoms with Crippen molar-refractivity contribution >= 4 is 11.8 Å². The zero-order chi connectivity index (χ0) is 26.9. The summed E-state index contributed by atoms with van der Waals surface area (Å²) >= 11 is 1.63. The Labute approximate surface area is 224 Å². The third-order valence-corrected chi connectivity index (χ3v) is 8.16. The Kier molecular flexibility index (Phi) is 7.63. The Hall–Kier alpha value is -3.11. The summed E-state index contributed by atoms with van der Waals surface area (Å²) in [5.74, 6) is 1.46. The maximum absolute atomic E-state index is 12.9. The minimum atomic E-state index is -4.35. The third-order valence-electron chi connectivity index (χ3n) is 7.05. The Morgan fingerprint density at radius 1 is 0.895 bits per heavy atom. The zero-order valence-electron chi connectivity index (χ0n) is 21.8. The number of halogens is 3. The molecule has 1 aliphatic heterocycles. The lowest BCUT2D eigenvalue weighted by atomic mass is 9.99. The maximum Gasteiger partial charge on any atom is 0.416 e. The Morgan fingerprint density at radius 2 is 1.61 bits per heavy atom. The number of hydrogen-bond donors (Lipinski definition) is 0. The highest BCUT2D eigenvalue weighted by Crippen LogP contribution is 2.31. The molecule has 5 rings (SSSR count). The molecule has 0 N–H and O–H groups in total. The number of alkyl halides is 3. The van der Waals surface area contributed by atoms with Gasteiger partial charge in [-0.05, 0) is 68.1 Å². The van der Waals surface area contributed by atoms with Crippen LogP contribution in [0.15, 0.2) is 53.7 Å². The second kappa shape index (κ2) is 10.9. The summed E-state index contributed by atoms with van der Waals surface area (Å²) < 4.78 is 42.4. The van der Waals surface area contributed by atoms with Crippen molar-refractivity contribution in [2.45, 2.75) is 37.5 Å². The molecule has 0 saturated carbocycles. The lowest BCUT2D eigenvalue weighted by molar-refractivity contribution is -0.137. The van der Waals surface area contributed by atoms with Gasteiger partial charge in [0.1, 0.15) is 0 Å². The normalized spacial score (nSPS) is 14.5. The highest BCUT2D eigenvalue weighted by atomic mass is 32.2. The largest absolute Gasteiger partial charge is 0.416 e. The van der Waals surface area contributed by atoms with Gasteiger partial charge in [0.2, 0.25) is 0 Å². The van der Waals surface area contributed by atoms with Crippen LogP contribution in [-0.4, -0.2) is 54.8 Å². The highest BCUT2D eigenvalue weighted by Gasteiger charge is 2.30. The third kappa shape index (κ3) is 5.81. The standard InChI is InChI=1S/C28H31F3N6S/c1-19-17-25(36(3)34-19)23-6-5-20-11-14-37(15-12-22(20)18-23)13-4-16-38-27-33-32-26(35(27)2)21-7-9-24(10-8-21)28(29,30)31/h5-10,17-18H,4,11-16H2,1-3H3. The van der Waals surface area contributed by atoms with E-state index in [2.05, 4.69) is 44.5 Å². The molecule has 6 nitrogen and oxygen atoms in total. The summed E-state index contributed by atoms with van der Waals surface area (Å²) in [6.45, 7) is 5.11. The molecule has 0 unspecified atom stereocenters. The van der Waals surface area contributed by atoms with Crippen molar-refractivity contribution in [3.8, 4) is 22.6 Å². The first kappa shape index (κ1) is 26.5. The van der Waals surface area contributed by atoms with E-state index >= 15 is 0 Å². The molecule has 4 aromatic rings. The van der Waals surface area contributed by atoms with Crippen molar-refractivity contribution in [1.82, 2.24) is 29.4 Å². The van der Waals surface area contributed by atoms with Crippen LogP contribution in [0.25, 0.3) is 22.6 Å². The van der Waals surface area contributed by atoms with E-state index in [1.165, 1.54) is 28.8 Å². The number of hydrogen-bond acceptors (Lipinski definition) is 5. The summed E-state index contributed by atoms with van der Waals surface area (Å²) in [5.41, 5.74) is 6.19. The van der Waals surface area contributed by atoms with Crippen molar-refractivity contribution in [3.05, 3.63) is 70.9 Å². The first-order valence-corrected chi connectivity index (χ1v) is 13.7. The quantitative estimate of drug-likeness (QED) is 0.219. The molecular formula is C28H31F3N6S. The smallest absolute Gasteiger partial charge is 0.305 e. The molecule has 2 aromatic heterocycles. The second-order valence-electron chi connectivity index (χ2n) is 9.76. The molecule has 2 aromatic carbocycles. The Balaban J connectivity index is 1.13. The van der Waals surface area contributed by atoms with Crippen LogP contribution < -0.4 is 0 Å². The molecule has 1 aliphatic rings. The monoisotopic (exact) mass is 540 g/mol. The fraction of sp³-hybridized carbons (Fsp3) is 0.393. The molecule has 0 radical (unpaired) electrons. The number of thioether (sulfide) groups is 1. The van der Waals surface area contributed by atoms with Crippen LogP contribution in [0.3, 0.4) is 0 Å². The summed E-state index contributed by atoms with van der Waals surface area (Å²) in [6.07, 6.45) is -1.25. The van der Waals surface area contributed by atoms with Crippen LogP contribution in [0, 0.1) is 6.92 Å². The van der Waals surface area contributed by atoms with Gasteiger partial charge in [0.05, 0.1) is 17.0 Å². The zero-order valence-corrected chi connectivity index (χ0v) is 22.6. The van der Waals surface area contributed by atoms with Crippen LogP contribution in [0.4, 0.5) is 13.2 Å². The molecule has 0 spiro atoms. The molecule has 38 heavy (non-hydrogen) atoms. The molecule has 0 bridgehead atoms. The number of aryl methyl sites for hydroxylation is 2. The predicted octanol–water partition coefficient (Wildman–Crippen LogP) is 5.79. The topological polar surface area (TPSA) is 51.8 Å². The van der Waals surface area contributed by atoms with E-state index in [1.54, 1.807) is 11.8 Å². The first-order valence-electron chi connectivity index (χ1n) is 12.7. The molecule has 0 amide bonds. The maximum atomic E-state index is 12.9. The summed E-state index contributed by atoms with van der Waals surface area (Å²) in [6, 6.07) is 14.0. The molecular weight excluding hydrogens is 509 g/mol. The fourth-order valence-electron chi connectivity index (χ4n) is 4.99. The van der Waals surface area contributed by atoms with Crippen LogP contribution in [0.1, 0.15) is 28.8 Å². The number of nitrogens with zero attached hydrogens (tertiary/aromatic N) is 6. The van der Waals surface area contributed by atoms with E-state index in [0.29, 0.717) is 11.4 Å². The van der Waals surface area contributed by atoms with Gasteiger partial charge < -0.3 is 9.47 Å². The number of rotatable bonds is 7. The average Bonchev–Trinajstić information content (AvgIpc) is 3.34. The lowest BCUT2D eigenvalue weighted by Crippen LogP contribution is -2.27. The molecule has 0 fully saturated rings. The van der Waals surface area contributed by atoms with Gasteiger partial charge in [-0.1, -0.05) is 36.0 Å². The van der Waals surface area contributed by atoms with Gasteiger partial charge in [0.15, 0.2) is 11.0 Å². The van der Waals surface area contributed by atoms with Crippen molar-refractivity contribution in [1.29, 1.82) is 0 Å². The van der Waals surface area contributed by atoms with E-state index in [0.717, 1.165) is 73.3 Å². The number of aromatic nitrogens is 5. The molecule has 0 aliphatic carbocycles. The Bertz CT molecular complexity index is 1410. The van der Waals surface area contributed by atoms with Gasteiger partial charge in [-0.15, -0.1) is 10.2 Å². The SMILES string of the molecule is Cc1cc(-c2ccc3c(c2)CCN(CCCSc2nnc(-c4ccc(C(F)(F)F)cc4)n2C)CC3)n(C)n1. The highest BCUT2D eigenvalue weighted by molar-refractivity contribution is 7.99. The van der Waals surface area contributed by atoms with Gasteiger partial charge in [0, 0.05) is 44.1 Å². The van der Waals surface area contributed by atoms with Crippen LogP contribution in [0.2, 0.25) is 0 Å². The van der Waals surface area contributed by atoms with E-state index in [-0.39, 0.29) is 0 Å². The summed E-state index contributed by atoms with van der Waals surface area (Å²) in [5, 5.41) is 13.7.